The number of pyridine rings is 1. The van der Waals surface area contributed by atoms with Gasteiger partial charge >= 0.3 is 0 Å². The van der Waals surface area contributed by atoms with E-state index in [1.807, 2.05) is 6.20 Å². The summed E-state index contributed by atoms with van der Waals surface area (Å²) in [6.45, 7) is 14.1. The smallest absolute Gasteiger partial charge is 0.0780 e. The molecule has 0 atom stereocenters. The molecule has 1 heteroatoms. The number of aromatic nitrogens is 1. The van der Waals surface area contributed by atoms with Crippen LogP contribution < -0.4 is 0 Å². The summed E-state index contributed by atoms with van der Waals surface area (Å²) in [7, 11) is 0. The van der Waals surface area contributed by atoms with Gasteiger partial charge in [-0.2, -0.15) is 0 Å². The molecule has 4 aromatic rings. The molecule has 1 aromatic heterocycles. The summed E-state index contributed by atoms with van der Waals surface area (Å²) in [6, 6.07) is 20.7. The summed E-state index contributed by atoms with van der Waals surface area (Å²) in [6.07, 6.45) is 5.82. The maximum atomic E-state index is 4.79. The van der Waals surface area contributed by atoms with Crippen LogP contribution in [-0.4, -0.2) is 4.98 Å². The van der Waals surface area contributed by atoms with Crippen LogP contribution in [0.25, 0.3) is 32.8 Å². The molecule has 0 aliphatic heterocycles. The molecule has 0 saturated heterocycles. The highest BCUT2D eigenvalue weighted by molar-refractivity contribution is 6.11. The van der Waals surface area contributed by atoms with E-state index in [9.17, 15) is 0 Å². The molecular weight excluding hydrogens is 386 g/mol. The zero-order chi connectivity index (χ0) is 22.7. The van der Waals surface area contributed by atoms with Gasteiger partial charge in [0.1, 0.15) is 0 Å². The van der Waals surface area contributed by atoms with Crippen molar-refractivity contribution in [2.75, 3.05) is 0 Å². The highest BCUT2D eigenvalue weighted by atomic mass is 14.7. The Bertz CT molecular complexity index is 1290. The van der Waals surface area contributed by atoms with Gasteiger partial charge in [0, 0.05) is 17.1 Å². The molecule has 32 heavy (non-hydrogen) atoms. The molecule has 1 nitrogen and oxygen atoms in total. The van der Waals surface area contributed by atoms with Gasteiger partial charge in [0.05, 0.1) is 5.69 Å². The van der Waals surface area contributed by atoms with E-state index in [2.05, 4.69) is 96.1 Å². The summed E-state index contributed by atoms with van der Waals surface area (Å²) in [5, 5.41) is 5.20. The van der Waals surface area contributed by atoms with Crippen molar-refractivity contribution in [3.8, 4) is 11.3 Å². The van der Waals surface area contributed by atoms with E-state index in [4.69, 9.17) is 4.98 Å². The van der Waals surface area contributed by atoms with Gasteiger partial charge in [-0.25, -0.2) is 0 Å². The standard InChI is InChI=1S/C31H35N/c1-20-13-21(2)15-24(14-20)29-28-10-8-23-16-22(7-9-26(23)27(28)11-12-32-29)25-17-30(3,4)19-31(5,6)18-25/h7-16,25H,17-19H2,1-6H3. The van der Waals surface area contributed by atoms with Gasteiger partial charge in [-0.3, -0.25) is 4.98 Å². The Balaban J connectivity index is 1.61. The lowest BCUT2D eigenvalue weighted by molar-refractivity contribution is 0.0969. The average molecular weight is 422 g/mol. The summed E-state index contributed by atoms with van der Waals surface area (Å²) >= 11 is 0. The van der Waals surface area contributed by atoms with Crippen LogP contribution in [0.5, 0.6) is 0 Å². The fourth-order valence-corrected chi connectivity index (χ4v) is 6.69. The Morgan fingerprint density at radius 1 is 0.719 bits per heavy atom. The van der Waals surface area contributed by atoms with Crippen molar-refractivity contribution in [2.45, 2.75) is 66.7 Å². The van der Waals surface area contributed by atoms with Gasteiger partial charge < -0.3 is 0 Å². The predicted molar refractivity (Wildman–Crippen MR) is 138 cm³/mol. The minimum absolute atomic E-state index is 0.400. The van der Waals surface area contributed by atoms with Crippen LogP contribution >= 0.6 is 0 Å². The Hall–Kier alpha value is -2.67. The molecular formula is C31H35N. The maximum Gasteiger partial charge on any atom is 0.0780 e. The highest BCUT2D eigenvalue weighted by Gasteiger charge is 2.38. The zero-order valence-electron chi connectivity index (χ0n) is 20.4. The molecule has 5 rings (SSSR count). The SMILES string of the molecule is Cc1cc(C)cc(-c2nccc3c2ccc2cc(C4CC(C)(C)CC(C)(C)C4)ccc23)c1. The summed E-state index contributed by atoms with van der Waals surface area (Å²) < 4.78 is 0. The lowest BCUT2D eigenvalue weighted by atomic mass is 9.60. The molecule has 3 aromatic carbocycles. The van der Waals surface area contributed by atoms with Crippen LogP contribution in [0.3, 0.4) is 0 Å². The number of nitrogens with zero attached hydrogens (tertiary/aromatic N) is 1. The second-order valence-corrected chi connectivity index (χ2v) is 11.8. The molecule has 1 fully saturated rings. The molecule has 0 N–H and O–H groups in total. The minimum atomic E-state index is 0.400. The van der Waals surface area contributed by atoms with Crippen molar-refractivity contribution < 1.29 is 0 Å². The van der Waals surface area contributed by atoms with Crippen molar-refractivity contribution in [1.29, 1.82) is 0 Å². The predicted octanol–water partition coefficient (Wildman–Crippen LogP) is 8.99. The number of hydrogen-bond acceptors (Lipinski definition) is 1. The third kappa shape index (κ3) is 3.94. The summed E-state index contributed by atoms with van der Waals surface area (Å²) in [5.74, 6) is 0.636. The lowest BCUT2D eigenvalue weighted by Crippen LogP contribution is -2.32. The van der Waals surface area contributed by atoms with E-state index < -0.39 is 0 Å². The van der Waals surface area contributed by atoms with E-state index in [1.165, 1.54) is 63.1 Å². The van der Waals surface area contributed by atoms with Gasteiger partial charge in [0.15, 0.2) is 0 Å². The van der Waals surface area contributed by atoms with Gasteiger partial charge in [-0.15, -0.1) is 0 Å². The van der Waals surface area contributed by atoms with Crippen molar-refractivity contribution in [2.24, 2.45) is 10.8 Å². The molecule has 164 valence electrons. The fourth-order valence-electron chi connectivity index (χ4n) is 6.69. The van der Waals surface area contributed by atoms with E-state index in [0.717, 1.165) is 5.69 Å². The van der Waals surface area contributed by atoms with Gasteiger partial charge in [0.2, 0.25) is 0 Å². The number of aryl methyl sites for hydroxylation is 2. The first-order valence-corrected chi connectivity index (χ1v) is 12.0. The van der Waals surface area contributed by atoms with Crippen LogP contribution in [0.4, 0.5) is 0 Å². The fraction of sp³-hybridized carbons (Fsp3) is 0.387. The van der Waals surface area contributed by atoms with Crippen LogP contribution in [0, 0.1) is 24.7 Å². The van der Waals surface area contributed by atoms with Crippen molar-refractivity contribution in [3.63, 3.8) is 0 Å². The Morgan fingerprint density at radius 3 is 2.06 bits per heavy atom. The second-order valence-electron chi connectivity index (χ2n) is 11.8. The normalized spacial score (nSPS) is 18.3. The van der Waals surface area contributed by atoms with Crippen LogP contribution in [-0.2, 0) is 0 Å². The first kappa shape index (κ1) is 21.2. The number of fused-ring (bicyclic) bond motifs is 3. The zero-order valence-corrected chi connectivity index (χ0v) is 20.4. The van der Waals surface area contributed by atoms with E-state index in [1.54, 1.807) is 0 Å². The number of hydrogen-bond donors (Lipinski definition) is 0. The van der Waals surface area contributed by atoms with Crippen LogP contribution in [0.2, 0.25) is 0 Å². The monoisotopic (exact) mass is 421 g/mol. The van der Waals surface area contributed by atoms with Crippen LogP contribution in [0.15, 0.2) is 60.8 Å². The molecule has 1 aliphatic rings. The average Bonchev–Trinajstić information content (AvgIpc) is 2.69. The Morgan fingerprint density at radius 2 is 1.38 bits per heavy atom. The topological polar surface area (TPSA) is 12.9 Å². The summed E-state index contributed by atoms with van der Waals surface area (Å²) in [5.41, 5.74) is 7.15. The second kappa shape index (κ2) is 7.44. The third-order valence-corrected chi connectivity index (χ3v) is 7.31. The Kier molecular flexibility index (Phi) is 4.93. The van der Waals surface area contributed by atoms with Gasteiger partial charge in [-0.05, 0) is 89.8 Å². The maximum absolute atomic E-state index is 4.79. The van der Waals surface area contributed by atoms with Gasteiger partial charge in [0.25, 0.3) is 0 Å². The third-order valence-electron chi connectivity index (χ3n) is 7.31. The summed E-state index contributed by atoms with van der Waals surface area (Å²) in [4.78, 5) is 4.79. The first-order valence-electron chi connectivity index (χ1n) is 12.0. The molecule has 1 heterocycles. The minimum Gasteiger partial charge on any atom is -0.256 e. The molecule has 0 bridgehead atoms. The molecule has 0 amide bonds. The molecule has 1 aliphatic carbocycles. The quantitative estimate of drug-likeness (QED) is 0.294. The molecule has 0 spiro atoms. The first-order chi connectivity index (χ1) is 15.1. The molecule has 0 unspecified atom stereocenters. The van der Waals surface area contributed by atoms with Crippen molar-refractivity contribution in [1.82, 2.24) is 4.98 Å². The van der Waals surface area contributed by atoms with Crippen molar-refractivity contribution >= 4 is 21.5 Å². The van der Waals surface area contributed by atoms with Gasteiger partial charge in [-0.1, -0.05) is 75.2 Å². The van der Waals surface area contributed by atoms with E-state index in [-0.39, 0.29) is 0 Å². The lowest BCUT2D eigenvalue weighted by Gasteiger charge is -2.45. The molecule has 0 radical (unpaired) electrons. The largest absolute Gasteiger partial charge is 0.256 e. The Labute approximate surface area is 192 Å². The molecule has 1 saturated carbocycles. The van der Waals surface area contributed by atoms with E-state index in [0.29, 0.717) is 16.7 Å². The van der Waals surface area contributed by atoms with Crippen LogP contribution in [0.1, 0.15) is 69.6 Å². The number of rotatable bonds is 2. The van der Waals surface area contributed by atoms with E-state index >= 15 is 0 Å². The number of benzene rings is 3. The van der Waals surface area contributed by atoms with Crippen molar-refractivity contribution in [3.05, 3.63) is 77.5 Å². The highest BCUT2D eigenvalue weighted by Crippen LogP contribution is 2.52.